The molecule has 1 nitrogen and oxygen atoms in total. The highest BCUT2D eigenvalue weighted by atomic mass is 14.5. The van der Waals surface area contributed by atoms with Crippen LogP contribution in [0.25, 0.3) is 0 Å². The molecule has 0 atom stereocenters. The van der Waals surface area contributed by atoms with Crippen LogP contribution in [0.1, 0.15) is 188 Å². The maximum atomic E-state index is 5.74. The third-order valence-electron chi connectivity index (χ3n) is 7.84. The highest BCUT2D eigenvalue weighted by Gasteiger charge is 2.28. The number of hydrogen-bond donors (Lipinski definition) is 1. The van der Waals surface area contributed by atoms with E-state index in [1.54, 1.807) is 0 Å². The van der Waals surface area contributed by atoms with Crippen molar-refractivity contribution in [2.24, 2.45) is 11.1 Å². The predicted octanol–water partition coefficient (Wildman–Crippen LogP) is 11.1. The molecule has 2 N–H and O–H groups in total. The fraction of sp³-hybridized carbons (Fsp3) is 1.00. The van der Waals surface area contributed by atoms with E-state index in [0.29, 0.717) is 5.41 Å². The lowest BCUT2D eigenvalue weighted by Gasteiger charge is -2.35. The Labute approximate surface area is 205 Å². The van der Waals surface area contributed by atoms with Gasteiger partial charge in [-0.25, -0.2) is 0 Å². The van der Waals surface area contributed by atoms with Gasteiger partial charge < -0.3 is 5.73 Å². The minimum Gasteiger partial charge on any atom is -0.330 e. The Kier molecular flexibility index (Phi) is 25.5. The molecule has 0 saturated heterocycles. The van der Waals surface area contributed by atoms with E-state index in [2.05, 4.69) is 20.8 Å². The number of nitrogens with two attached hydrogens (primary N) is 1. The number of hydrogen-bond acceptors (Lipinski definition) is 1. The Hall–Kier alpha value is -0.0400. The lowest BCUT2D eigenvalue weighted by molar-refractivity contribution is 0.171. The average molecular weight is 452 g/mol. The average Bonchev–Trinajstić information content (AvgIpc) is 2.80. The quantitative estimate of drug-likeness (QED) is 0.123. The van der Waals surface area contributed by atoms with Gasteiger partial charge >= 0.3 is 0 Å². The molecule has 32 heavy (non-hydrogen) atoms. The smallest absolute Gasteiger partial charge is 0.00773 e. The van der Waals surface area contributed by atoms with E-state index in [1.807, 2.05) is 0 Å². The molecule has 0 radical (unpaired) electrons. The third kappa shape index (κ3) is 20.6. The molecule has 0 aliphatic rings. The molecule has 0 fully saturated rings. The molecule has 0 amide bonds. The molecule has 0 aromatic heterocycles. The van der Waals surface area contributed by atoms with Gasteiger partial charge in [-0.3, -0.25) is 0 Å². The summed E-state index contributed by atoms with van der Waals surface area (Å²) in [5, 5.41) is 0. The highest BCUT2D eigenvalue weighted by molar-refractivity contribution is 4.80. The zero-order valence-electron chi connectivity index (χ0n) is 23.2. The van der Waals surface area contributed by atoms with Gasteiger partial charge in [-0.15, -0.1) is 0 Å². The van der Waals surface area contributed by atoms with Gasteiger partial charge in [-0.2, -0.15) is 0 Å². The first-order chi connectivity index (χ1) is 15.7. The first-order valence-corrected chi connectivity index (χ1v) is 15.4. The van der Waals surface area contributed by atoms with Crippen LogP contribution < -0.4 is 5.73 Å². The van der Waals surface area contributed by atoms with Gasteiger partial charge in [0.2, 0.25) is 0 Å². The summed E-state index contributed by atoms with van der Waals surface area (Å²) in [6, 6.07) is 0. The van der Waals surface area contributed by atoms with Gasteiger partial charge in [0.1, 0.15) is 0 Å². The Morgan fingerprint density at radius 3 is 0.875 bits per heavy atom. The Morgan fingerprint density at radius 1 is 0.344 bits per heavy atom. The fourth-order valence-electron chi connectivity index (χ4n) is 5.59. The van der Waals surface area contributed by atoms with Crippen molar-refractivity contribution in [1.82, 2.24) is 0 Å². The summed E-state index contributed by atoms with van der Waals surface area (Å²) in [5.74, 6) is 0. The van der Waals surface area contributed by atoms with Crippen LogP contribution in [0.3, 0.4) is 0 Å². The van der Waals surface area contributed by atoms with Crippen LogP contribution in [-0.4, -0.2) is 6.54 Å². The van der Waals surface area contributed by atoms with E-state index in [1.165, 1.54) is 167 Å². The maximum absolute atomic E-state index is 5.74. The summed E-state index contributed by atoms with van der Waals surface area (Å²) in [4.78, 5) is 0. The molecule has 0 bridgehead atoms. The molecule has 0 aromatic carbocycles. The summed E-state index contributed by atoms with van der Waals surface area (Å²) in [7, 11) is 0. The van der Waals surface area contributed by atoms with Gasteiger partial charge in [0.05, 0.1) is 0 Å². The second-order valence-corrected chi connectivity index (χ2v) is 11.0. The maximum Gasteiger partial charge on any atom is -0.00773 e. The third-order valence-corrected chi connectivity index (χ3v) is 7.84. The van der Waals surface area contributed by atoms with Crippen LogP contribution >= 0.6 is 0 Å². The topological polar surface area (TPSA) is 26.0 Å². The van der Waals surface area contributed by atoms with Crippen molar-refractivity contribution in [2.45, 2.75) is 188 Å². The molecule has 0 aromatic rings. The summed E-state index contributed by atoms with van der Waals surface area (Å²) < 4.78 is 0. The molecule has 0 aliphatic heterocycles. The second kappa shape index (κ2) is 25.6. The predicted molar refractivity (Wildman–Crippen MR) is 149 cm³/mol. The van der Waals surface area contributed by atoms with E-state index in [0.717, 1.165) is 6.54 Å². The number of rotatable bonds is 27. The van der Waals surface area contributed by atoms with Crippen LogP contribution in [0, 0.1) is 5.41 Å². The van der Waals surface area contributed by atoms with Crippen molar-refractivity contribution in [3.8, 4) is 0 Å². The minimum absolute atomic E-state index is 0.656. The summed E-state index contributed by atoms with van der Waals surface area (Å²) >= 11 is 0. The molecule has 0 aliphatic carbocycles. The van der Waals surface area contributed by atoms with E-state index in [9.17, 15) is 0 Å². The Balaban J connectivity index is 4.72. The van der Waals surface area contributed by atoms with Gasteiger partial charge in [0.25, 0.3) is 0 Å². The monoisotopic (exact) mass is 452 g/mol. The molecule has 0 heterocycles. The molecule has 0 spiro atoms. The highest BCUT2D eigenvalue weighted by Crippen LogP contribution is 2.42. The largest absolute Gasteiger partial charge is 0.330 e. The van der Waals surface area contributed by atoms with E-state index < -0.39 is 0 Å². The summed E-state index contributed by atoms with van der Waals surface area (Å²) in [5.41, 5.74) is 6.40. The summed E-state index contributed by atoms with van der Waals surface area (Å²) in [6.45, 7) is 7.86. The molecule has 0 saturated carbocycles. The van der Waals surface area contributed by atoms with Crippen LogP contribution in [-0.2, 0) is 0 Å². The van der Waals surface area contributed by atoms with Gasteiger partial charge in [0, 0.05) is 0 Å². The summed E-state index contributed by atoms with van der Waals surface area (Å²) in [6.07, 6.45) is 37.5. The molecule has 194 valence electrons. The van der Waals surface area contributed by atoms with Crippen molar-refractivity contribution in [3.05, 3.63) is 0 Å². The molecular weight excluding hydrogens is 386 g/mol. The van der Waals surface area contributed by atoms with Crippen LogP contribution in [0.5, 0.6) is 0 Å². The van der Waals surface area contributed by atoms with Crippen LogP contribution in [0.4, 0.5) is 0 Å². The zero-order chi connectivity index (χ0) is 23.6. The SMILES string of the molecule is CCCCCCCCC(CCCCCCN)(CCCCCCCC)CCCCCCCC. The molecule has 0 unspecified atom stereocenters. The standard InChI is InChI=1S/C31H65N/c1-4-7-10-13-16-21-26-31(29-24-19-20-25-30-32,27-22-17-14-11-8-5-2)28-23-18-15-12-9-6-3/h4-30,32H2,1-3H3. The Morgan fingerprint density at radius 2 is 0.594 bits per heavy atom. The molecule has 1 heteroatoms. The molecule has 0 rings (SSSR count). The lowest BCUT2D eigenvalue weighted by atomic mass is 9.70. The van der Waals surface area contributed by atoms with Crippen molar-refractivity contribution in [2.75, 3.05) is 6.54 Å². The zero-order valence-corrected chi connectivity index (χ0v) is 23.2. The van der Waals surface area contributed by atoms with Gasteiger partial charge in [-0.1, -0.05) is 156 Å². The lowest BCUT2D eigenvalue weighted by Crippen LogP contribution is -2.21. The van der Waals surface area contributed by atoms with Crippen molar-refractivity contribution >= 4 is 0 Å². The van der Waals surface area contributed by atoms with Crippen molar-refractivity contribution in [3.63, 3.8) is 0 Å². The fourth-order valence-corrected chi connectivity index (χ4v) is 5.59. The molecular formula is C31H65N. The first kappa shape index (κ1) is 32.0. The normalized spacial score (nSPS) is 12.0. The van der Waals surface area contributed by atoms with Crippen LogP contribution in [0.2, 0.25) is 0 Å². The second-order valence-electron chi connectivity index (χ2n) is 11.0. The van der Waals surface area contributed by atoms with E-state index >= 15 is 0 Å². The Bertz CT molecular complexity index is 297. The van der Waals surface area contributed by atoms with Crippen molar-refractivity contribution < 1.29 is 0 Å². The first-order valence-electron chi connectivity index (χ1n) is 15.4. The van der Waals surface area contributed by atoms with E-state index in [-0.39, 0.29) is 0 Å². The van der Waals surface area contributed by atoms with Gasteiger partial charge in [-0.05, 0) is 44.1 Å². The van der Waals surface area contributed by atoms with Gasteiger partial charge in [0.15, 0.2) is 0 Å². The number of unbranched alkanes of at least 4 members (excludes halogenated alkanes) is 18. The van der Waals surface area contributed by atoms with Crippen LogP contribution in [0.15, 0.2) is 0 Å². The van der Waals surface area contributed by atoms with E-state index in [4.69, 9.17) is 5.73 Å². The minimum atomic E-state index is 0.656. The van der Waals surface area contributed by atoms with Crippen molar-refractivity contribution in [1.29, 1.82) is 0 Å².